The summed E-state index contributed by atoms with van der Waals surface area (Å²) in [7, 11) is -0.559. The summed E-state index contributed by atoms with van der Waals surface area (Å²) in [6.45, 7) is 7.91. The van der Waals surface area contributed by atoms with Gasteiger partial charge in [-0.05, 0) is 45.6 Å². The molecule has 0 radical (unpaired) electrons. The molecule has 6 nitrogen and oxygen atoms in total. The average Bonchev–Trinajstić information content (AvgIpc) is 3.07. The van der Waals surface area contributed by atoms with Crippen molar-refractivity contribution in [3.63, 3.8) is 0 Å². The van der Waals surface area contributed by atoms with Gasteiger partial charge < -0.3 is 15.0 Å². The number of aromatic nitrogens is 2. The fourth-order valence-corrected chi connectivity index (χ4v) is 3.05. The minimum absolute atomic E-state index is 0.121. The molecule has 2 atom stereocenters. The van der Waals surface area contributed by atoms with Crippen LogP contribution in [0, 0.1) is 5.92 Å². The number of carbonyl (C=O) groups excluding carboxylic acids is 1. The summed E-state index contributed by atoms with van der Waals surface area (Å²) in [6.07, 6.45) is 0.912. The molecule has 8 heteroatoms. The lowest BCUT2D eigenvalue weighted by molar-refractivity contribution is 0.00578. The number of fused-ring (bicyclic) bond motifs is 1. The Morgan fingerprint density at radius 2 is 1.92 bits per heavy atom. The number of nitrogens with two attached hydrogens (primary N) is 1. The van der Waals surface area contributed by atoms with E-state index in [0.717, 1.165) is 5.46 Å². The van der Waals surface area contributed by atoms with Crippen molar-refractivity contribution in [2.45, 2.75) is 51.5 Å². The summed E-state index contributed by atoms with van der Waals surface area (Å²) >= 11 is 0. The first kappa shape index (κ1) is 16.5. The molecule has 2 N–H and O–H groups in total. The van der Waals surface area contributed by atoms with Gasteiger partial charge in [0.05, 0.1) is 17.1 Å². The van der Waals surface area contributed by atoms with E-state index >= 15 is 0 Å². The largest absolute Gasteiger partial charge is 0.496 e. The van der Waals surface area contributed by atoms with Gasteiger partial charge in [-0.3, -0.25) is 9.20 Å². The highest BCUT2D eigenvalue weighted by Crippen LogP contribution is 2.38. The maximum absolute atomic E-state index is 13.3. The van der Waals surface area contributed by atoms with Crippen molar-refractivity contribution in [2.75, 3.05) is 5.73 Å². The number of anilines is 1. The van der Waals surface area contributed by atoms with Crippen molar-refractivity contribution < 1.29 is 18.5 Å². The fraction of sp³-hybridized carbons (Fsp3) is 0.529. The van der Waals surface area contributed by atoms with Crippen molar-refractivity contribution in [3.8, 4) is 0 Å². The average molecular weight is 345 g/mol. The van der Waals surface area contributed by atoms with E-state index < -0.39 is 30.4 Å². The highest BCUT2D eigenvalue weighted by molar-refractivity contribution is 6.62. The van der Waals surface area contributed by atoms with Gasteiger partial charge in [0, 0.05) is 6.20 Å². The molecule has 0 aromatic carbocycles. The molecule has 2 aromatic heterocycles. The molecule has 1 aliphatic heterocycles. The maximum Gasteiger partial charge on any atom is 0.496 e. The Hall–Kier alpha value is -1.93. The first-order valence-electron chi connectivity index (χ1n) is 8.42. The Morgan fingerprint density at radius 1 is 1.32 bits per heavy atom. The summed E-state index contributed by atoms with van der Waals surface area (Å²) in [5.74, 6) is -0.790. The number of Topliss-reactive ketones (excluding diaryl/α,β-unsaturated/α-hetero) is 1. The van der Waals surface area contributed by atoms with Crippen LogP contribution in [0.4, 0.5) is 10.2 Å². The number of hydrogen-bond acceptors (Lipinski definition) is 5. The number of pyridine rings is 1. The summed E-state index contributed by atoms with van der Waals surface area (Å²) < 4.78 is 27.0. The highest BCUT2D eigenvalue weighted by Gasteiger charge is 2.52. The Kier molecular flexibility index (Phi) is 3.34. The Balaban J connectivity index is 1.74. The third kappa shape index (κ3) is 2.47. The normalized spacial score (nSPS) is 27.0. The quantitative estimate of drug-likeness (QED) is 0.677. The van der Waals surface area contributed by atoms with Gasteiger partial charge in [-0.2, -0.15) is 0 Å². The second-order valence-electron chi connectivity index (χ2n) is 7.85. The lowest BCUT2D eigenvalue weighted by atomic mass is 9.80. The summed E-state index contributed by atoms with van der Waals surface area (Å²) in [6, 6.07) is 3.60. The van der Waals surface area contributed by atoms with E-state index in [-0.39, 0.29) is 23.7 Å². The van der Waals surface area contributed by atoms with Crippen molar-refractivity contribution >= 4 is 29.8 Å². The summed E-state index contributed by atoms with van der Waals surface area (Å²) in [4.78, 5) is 16.7. The zero-order chi connectivity index (χ0) is 18.1. The number of nitrogen functional groups attached to an aromatic ring is 1. The van der Waals surface area contributed by atoms with Gasteiger partial charge >= 0.3 is 7.12 Å². The number of hydrogen-bond donors (Lipinski definition) is 1. The molecular formula is C17H21BFN3O3. The molecule has 0 amide bonds. The Labute approximate surface area is 145 Å². The maximum atomic E-state index is 13.3. The number of imidazole rings is 1. The first-order chi connectivity index (χ1) is 11.6. The highest BCUT2D eigenvalue weighted by atomic mass is 19.1. The van der Waals surface area contributed by atoms with Gasteiger partial charge in [0.15, 0.2) is 11.6 Å². The van der Waals surface area contributed by atoms with Crippen LogP contribution in [-0.4, -0.2) is 39.7 Å². The van der Waals surface area contributed by atoms with Gasteiger partial charge in [0.1, 0.15) is 17.5 Å². The number of ketones is 1. The summed E-state index contributed by atoms with van der Waals surface area (Å²) in [5.41, 5.74) is 6.52. The van der Waals surface area contributed by atoms with E-state index in [4.69, 9.17) is 15.0 Å². The van der Waals surface area contributed by atoms with Crippen LogP contribution in [0.2, 0.25) is 0 Å². The molecule has 2 aromatic rings. The second kappa shape index (κ2) is 5.05. The minimum atomic E-state index is -1.08. The van der Waals surface area contributed by atoms with Crippen LogP contribution in [-0.2, 0) is 9.31 Å². The van der Waals surface area contributed by atoms with Gasteiger partial charge in [-0.15, -0.1) is 0 Å². The van der Waals surface area contributed by atoms with E-state index in [1.165, 1.54) is 0 Å². The smallest absolute Gasteiger partial charge is 0.399 e. The van der Waals surface area contributed by atoms with Crippen LogP contribution < -0.4 is 11.2 Å². The van der Waals surface area contributed by atoms with E-state index in [1.807, 2.05) is 33.8 Å². The predicted octanol–water partition coefficient (Wildman–Crippen LogP) is 1.76. The molecule has 3 heterocycles. The molecule has 0 bridgehead atoms. The Bertz CT molecular complexity index is 863. The van der Waals surface area contributed by atoms with Crippen LogP contribution in [0.25, 0.3) is 5.65 Å². The Morgan fingerprint density at radius 3 is 2.48 bits per heavy atom. The van der Waals surface area contributed by atoms with E-state index in [2.05, 4.69) is 4.98 Å². The molecular weight excluding hydrogens is 324 g/mol. The number of alkyl halides is 1. The second-order valence-corrected chi connectivity index (χ2v) is 7.85. The number of halogens is 1. The lowest BCUT2D eigenvalue weighted by Crippen LogP contribution is -2.41. The number of carbonyl (C=O) groups is 1. The standard InChI is InChI=1S/C17H21BFN3O3/c1-16(2)17(3,4)25-18(24-16)9-5-6-12-21-15(20)13(22(12)8-9)14(23)10-7-11(10)19/h5-6,8,10-11H,7,20H2,1-4H3/t10-,11+/m1/s1. The molecule has 0 unspecified atom stereocenters. The van der Waals surface area contributed by atoms with Gasteiger partial charge in [-0.25, -0.2) is 9.37 Å². The van der Waals surface area contributed by atoms with Gasteiger partial charge in [0.25, 0.3) is 0 Å². The molecule has 1 saturated heterocycles. The summed E-state index contributed by atoms with van der Waals surface area (Å²) in [5, 5.41) is 0. The van der Waals surface area contributed by atoms with E-state index in [1.54, 1.807) is 16.7 Å². The van der Waals surface area contributed by atoms with Crippen molar-refractivity contribution in [1.29, 1.82) is 0 Å². The van der Waals surface area contributed by atoms with Crippen LogP contribution in [0.3, 0.4) is 0 Å². The fourth-order valence-electron chi connectivity index (χ4n) is 3.05. The molecule has 2 fully saturated rings. The van der Waals surface area contributed by atoms with E-state index in [9.17, 15) is 9.18 Å². The third-order valence-corrected chi connectivity index (χ3v) is 5.48. The topological polar surface area (TPSA) is 78.9 Å². The monoisotopic (exact) mass is 345 g/mol. The number of nitrogens with zero attached hydrogens (tertiary/aromatic N) is 2. The molecule has 1 saturated carbocycles. The van der Waals surface area contributed by atoms with E-state index in [0.29, 0.717) is 5.65 Å². The van der Waals surface area contributed by atoms with Crippen LogP contribution in [0.1, 0.15) is 44.6 Å². The zero-order valence-corrected chi connectivity index (χ0v) is 14.7. The molecule has 25 heavy (non-hydrogen) atoms. The predicted molar refractivity (Wildman–Crippen MR) is 92.7 cm³/mol. The van der Waals surface area contributed by atoms with Gasteiger partial charge in [-0.1, -0.05) is 6.07 Å². The van der Waals surface area contributed by atoms with Crippen LogP contribution >= 0.6 is 0 Å². The SMILES string of the molecule is CC1(C)OB(c2ccc3nc(N)c(C(=O)[C@@H]4C[C@@H]4F)n3c2)OC1(C)C. The third-order valence-electron chi connectivity index (χ3n) is 5.48. The van der Waals surface area contributed by atoms with Crippen LogP contribution in [0.5, 0.6) is 0 Å². The van der Waals surface area contributed by atoms with Gasteiger partial charge in [0.2, 0.25) is 0 Å². The van der Waals surface area contributed by atoms with Crippen molar-refractivity contribution in [2.24, 2.45) is 5.92 Å². The van der Waals surface area contributed by atoms with Crippen molar-refractivity contribution in [3.05, 3.63) is 24.0 Å². The molecule has 0 spiro atoms. The first-order valence-corrected chi connectivity index (χ1v) is 8.42. The number of rotatable bonds is 3. The molecule has 1 aliphatic carbocycles. The van der Waals surface area contributed by atoms with Crippen molar-refractivity contribution in [1.82, 2.24) is 9.38 Å². The molecule has 132 valence electrons. The molecule has 2 aliphatic rings. The lowest BCUT2D eigenvalue weighted by Gasteiger charge is -2.32. The van der Waals surface area contributed by atoms with Crippen LogP contribution in [0.15, 0.2) is 18.3 Å². The molecule has 4 rings (SSSR count). The zero-order valence-electron chi connectivity index (χ0n) is 14.7. The minimum Gasteiger partial charge on any atom is -0.399 e.